The highest BCUT2D eigenvalue weighted by Crippen LogP contribution is 2.51. The van der Waals surface area contributed by atoms with Crippen LogP contribution in [0.15, 0.2) is 0 Å². The summed E-state index contributed by atoms with van der Waals surface area (Å²) in [6.07, 6.45) is 8.96. The molecule has 0 radical (unpaired) electrons. The Kier molecular flexibility index (Phi) is 5.07. The molecule has 6 unspecified atom stereocenters. The molecule has 2 aliphatic heterocycles. The molecule has 0 aromatic carbocycles. The molecule has 3 rings (SSSR count). The van der Waals surface area contributed by atoms with Crippen molar-refractivity contribution in [2.45, 2.75) is 63.5 Å². The van der Waals surface area contributed by atoms with E-state index in [0.29, 0.717) is 18.9 Å². The molecule has 0 aromatic heterocycles. The van der Waals surface area contributed by atoms with E-state index in [0.717, 1.165) is 12.8 Å². The van der Waals surface area contributed by atoms with E-state index in [4.69, 9.17) is 4.52 Å². The molecule has 5 nitrogen and oxygen atoms in total. The summed E-state index contributed by atoms with van der Waals surface area (Å²) in [6, 6.07) is -0.0469. The number of nitrogens with one attached hydrogen (secondary N) is 1. The molecule has 2 saturated heterocycles. The molecule has 0 bridgehead atoms. The molecule has 1 aliphatic carbocycles. The highest BCUT2D eigenvalue weighted by atomic mass is 31.0. The van der Waals surface area contributed by atoms with Gasteiger partial charge in [0.15, 0.2) is 0 Å². The van der Waals surface area contributed by atoms with Gasteiger partial charge in [-0.2, -0.15) is 0 Å². The summed E-state index contributed by atoms with van der Waals surface area (Å²) in [6.45, 7) is 0.634. The predicted octanol–water partition coefficient (Wildman–Crippen LogP) is 2.03. The number of rotatable bonds is 1. The van der Waals surface area contributed by atoms with Crippen molar-refractivity contribution in [1.82, 2.24) is 9.99 Å². The van der Waals surface area contributed by atoms with E-state index in [-0.39, 0.29) is 24.0 Å². The van der Waals surface area contributed by atoms with Crippen LogP contribution in [0, 0.1) is 11.3 Å². The van der Waals surface area contributed by atoms with Gasteiger partial charge in [-0.1, -0.05) is 41.5 Å². The zero-order valence-electron chi connectivity index (χ0n) is 12.9. The first-order valence-electron chi connectivity index (χ1n) is 8.31. The second kappa shape index (κ2) is 6.71. The van der Waals surface area contributed by atoms with Crippen LogP contribution >= 0.6 is 18.9 Å². The largest absolute Gasteiger partial charge is 0.450 e. The average Bonchev–Trinajstić information content (AvgIpc) is 3.00. The second-order valence-corrected chi connectivity index (χ2v) is 7.92. The fourth-order valence-electron chi connectivity index (χ4n) is 4.67. The van der Waals surface area contributed by atoms with Crippen LogP contribution in [0.25, 0.3) is 0 Å². The molecule has 1 saturated carbocycles. The molecule has 3 fully saturated rings. The second-order valence-electron chi connectivity index (χ2n) is 7.02. The molecule has 7 heteroatoms. The van der Waals surface area contributed by atoms with Crippen LogP contribution in [0.2, 0.25) is 0 Å². The van der Waals surface area contributed by atoms with Crippen molar-refractivity contribution in [3.8, 4) is 0 Å². The van der Waals surface area contributed by atoms with Crippen LogP contribution in [0.5, 0.6) is 0 Å². The summed E-state index contributed by atoms with van der Waals surface area (Å²) in [4.78, 5) is 24.8. The summed E-state index contributed by atoms with van der Waals surface area (Å²) < 4.78 is 6.75. The van der Waals surface area contributed by atoms with Crippen molar-refractivity contribution in [2.75, 3.05) is 6.54 Å². The minimum absolute atomic E-state index is 0.148. The maximum atomic E-state index is 12.8. The third kappa shape index (κ3) is 2.81. The Bertz CT molecular complexity index is 462. The van der Waals surface area contributed by atoms with Crippen LogP contribution in [0.1, 0.15) is 51.4 Å². The number of amides is 1. The monoisotopic (exact) mass is 344 g/mol. The number of hydrogen-bond donors (Lipinski definition) is 1. The lowest BCUT2D eigenvalue weighted by Crippen LogP contribution is -2.37. The molecule has 1 N–H and O–H groups in total. The van der Waals surface area contributed by atoms with E-state index in [2.05, 4.69) is 14.7 Å². The fourth-order valence-corrected chi connectivity index (χ4v) is 5.38. The average molecular weight is 344 g/mol. The first kappa shape index (κ1) is 16.6. The van der Waals surface area contributed by atoms with Crippen LogP contribution < -0.4 is 5.32 Å². The zero-order valence-corrected chi connectivity index (χ0v) is 15.2. The van der Waals surface area contributed by atoms with Crippen molar-refractivity contribution in [2.24, 2.45) is 11.3 Å². The van der Waals surface area contributed by atoms with Crippen LogP contribution in [0.4, 0.5) is 0 Å². The van der Waals surface area contributed by atoms with Gasteiger partial charge < -0.3 is 9.84 Å². The van der Waals surface area contributed by atoms with Crippen molar-refractivity contribution in [3.63, 3.8) is 0 Å². The Labute approximate surface area is 136 Å². The molecule has 6 atom stereocenters. The normalized spacial score (nSPS) is 39.7. The maximum absolute atomic E-state index is 12.8. The maximum Gasteiger partial charge on any atom is 0.325 e. The van der Waals surface area contributed by atoms with Gasteiger partial charge in [0, 0.05) is 12.6 Å². The molecule has 1 amide bonds. The van der Waals surface area contributed by atoms with E-state index in [1.807, 2.05) is 14.1 Å². The van der Waals surface area contributed by atoms with Gasteiger partial charge in [0.05, 0.1) is 14.9 Å². The van der Waals surface area contributed by atoms with Gasteiger partial charge in [-0.25, -0.2) is 0 Å². The smallest absolute Gasteiger partial charge is 0.325 e. The molecule has 3 aliphatic rings. The topological polar surface area (TPSA) is 58.6 Å². The molecular formula is C15H26N2O3P2. The Hall–Kier alpha value is -0.240. The van der Waals surface area contributed by atoms with Crippen molar-refractivity contribution in [3.05, 3.63) is 0 Å². The van der Waals surface area contributed by atoms with Gasteiger partial charge in [0.25, 0.3) is 0 Å². The number of nitrogens with zero attached hydrogens (tertiary/aromatic N) is 1. The number of hydrogen-bond acceptors (Lipinski definition) is 4. The van der Waals surface area contributed by atoms with Crippen molar-refractivity contribution < 1.29 is 14.1 Å². The highest BCUT2D eigenvalue weighted by molar-refractivity contribution is 7.13. The third-order valence-corrected chi connectivity index (χ3v) is 6.58. The molecule has 1 spiro atoms. The number of fused-ring (bicyclic) bond motifs is 2. The lowest BCUT2D eigenvalue weighted by atomic mass is 9.70. The van der Waals surface area contributed by atoms with E-state index in [1.165, 1.54) is 32.1 Å². The highest BCUT2D eigenvalue weighted by Gasteiger charge is 2.60. The summed E-state index contributed by atoms with van der Waals surface area (Å²) in [5.74, 6) is 0.231. The Morgan fingerprint density at radius 3 is 2.64 bits per heavy atom. The Morgan fingerprint density at radius 2 is 1.91 bits per heavy atom. The van der Waals surface area contributed by atoms with Crippen LogP contribution in [0.3, 0.4) is 0 Å². The predicted molar refractivity (Wildman–Crippen MR) is 90.8 cm³/mol. The van der Waals surface area contributed by atoms with E-state index >= 15 is 0 Å². The molecule has 124 valence electrons. The van der Waals surface area contributed by atoms with Crippen molar-refractivity contribution in [1.29, 1.82) is 0 Å². The minimum Gasteiger partial charge on any atom is -0.450 e. The standard InChI is InChI=1S/C15H26N2O3P2/c18-13(20-22)12-8-15(9-17(12)21)10-6-4-2-1-3-5-7-11(10)16-14(15)19/h10-12H,1-9,21-22H2,(H,16,19). The molecular weight excluding hydrogens is 318 g/mol. The van der Waals surface area contributed by atoms with Gasteiger partial charge >= 0.3 is 5.97 Å². The third-order valence-electron chi connectivity index (χ3n) is 5.81. The van der Waals surface area contributed by atoms with Gasteiger partial charge in [-0.05, 0) is 25.2 Å². The SMILES string of the molecule is O=C(OP)C1CC2(CN1P)C(=O)NC1CCCCCCCC12. The number of carbonyl (C=O) groups excluding carboxylic acids is 2. The summed E-state index contributed by atoms with van der Waals surface area (Å²) in [7, 11) is 4.64. The van der Waals surface area contributed by atoms with E-state index in [9.17, 15) is 9.59 Å². The van der Waals surface area contributed by atoms with Gasteiger partial charge in [0.1, 0.15) is 6.04 Å². The van der Waals surface area contributed by atoms with Gasteiger partial charge in [-0.3, -0.25) is 14.3 Å². The van der Waals surface area contributed by atoms with Gasteiger partial charge in [0.2, 0.25) is 5.91 Å². The zero-order chi connectivity index (χ0) is 15.7. The first-order valence-corrected chi connectivity index (χ1v) is 9.30. The molecule has 2 heterocycles. The van der Waals surface area contributed by atoms with Crippen LogP contribution in [-0.4, -0.2) is 35.2 Å². The fraction of sp³-hybridized carbons (Fsp3) is 0.867. The quantitative estimate of drug-likeness (QED) is 0.740. The van der Waals surface area contributed by atoms with E-state index < -0.39 is 5.41 Å². The molecule has 0 aromatic rings. The Morgan fingerprint density at radius 1 is 1.23 bits per heavy atom. The minimum atomic E-state index is -0.416. The summed E-state index contributed by atoms with van der Waals surface area (Å²) in [5, 5.41) is 3.25. The lowest BCUT2D eigenvalue weighted by Gasteiger charge is -2.30. The van der Waals surface area contributed by atoms with E-state index in [1.54, 1.807) is 0 Å². The molecule has 22 heavy (non-hydrogen) atoms. The van der Waals surface area contributed by atoms with Crippen LogP contribution in [-0.2, 0) is 14.1 Å². The first-order chi connectivity index (χ1) is 10.6. The Balaban J connectivity index is 1.84. The number of carbonyl (C=O) groups is 2. The van der Waals surface area contributed by atoms with Crippen molar-refractivity contribution >= 4 is 30.7 Å². The lowest BCUT2D eigenvalue weighted by molar-refractivity contribution is -0.136. The summed E-state index contributed by atoms with van der Waals surface area (Å²) in [5.41, 5.74) is -0.416. The van der Waals surface area contributed by atoms with Gasteiger partial charge in [-0.15, -0.1) is 0 Å². The summed E-state index contributed by atoms with van der Waals surface area (Å²) >= 11 is 0.